The van der Waals surface area contributed by atoms with Crippen molar-refractivity contribution in [3.8, 4) is 0 Å². The molecular weight excluding hydrogens is 150 g/mol. The van der Waals surface area contributed by atoms with Crippen molar-refractivity contribution in [2.24, 2.45) is 0 Å². The summed E-state index contributed by atoms with van der Waals surface area (Å²) < 4.78 is 4.67. The smallest absolute Gasteiger partial charge is 0.552 e. The van der Waals surface area contributed by atoms with Gasteiger partial charge in [0.15, 0.2) is 0 Å². The zero-order chi connectivity index (χ0) is 4.28. The normalized spacial score (nSPS) is 8.00. The largest absolute Gasteiger partial charge is 1.00 e. The summed E-state index contributed by atoms with van der Waals surface area (Å²) in [5, 5.41) is 0. The summed E-state index contributed by atoms with van der Waals surface area (Å²) >= 11 is 0. The quantitative estimate of drug-likeness (QED) is 0.410. The Labute approximate surface area is 88.2 Å². The van der Waals surface area contributed by atoms with Gasteiger partial charge in [0.05, 0.1) is 0 Å². The standard InChI is InChI=1S/C4H9O.Rb/c1-4(2)5-3;/h1-3H3;/q-1;+1. The molecule has 0 saturated heterocycles. The molecular formula is C4H9ORb. The van der Waals surface area contributed by atoms with Crippen LogP contribution in [0.3, 0.4) is 0 Å². The molecule has 0 rings (SSSR count). The Morgan fingerprint density at radius 1 is 1.33 bits per heavy atom. The van der Waals surface area contributed by atoms with Crippen LogP contribution >= 0.6 is 0 Å². The van der Waals surface area contributed by atoms with Crippen LogP contribution in [0.25, 0.3) is 0 Å². The van der Waals surface area contributed by atoms with Gasteiger partial charge in [0.2, 0.25) is 0 Å². The van der Waals surface area contributed by atoms with E-state index in [0.717, 1.165) is 6.10 Å². The first-order valence-electron chi connectivity index (χ1n) is 1.61. The van der Waals surface area contributed by atoms with Gasteiger partial charge in [0.1, 0.15) is 0 Å². The second kappa shape index (κ2) is 6.77. The van der Waals surface area contributed by atoms with Crippen molar-refractivity contribution in [1.82, 2.24) is 0 Å². The summed E-state index contributed by atoms with van der Waals surface area (Å²) in [6, 6.07) is 0. The fourth-order valence-electron chi connectivity index (χ4n) is 0. The topological polar surface area (TPSA) is 9.23 Å². The average Bonchev–Trinajstić information content (AvgIpc) is 1.38. The zero-order valence-electron chi connectivity index (χ0n) is 4.91. The van der Waals surface area contributed by atoms with Crippen molar-refractivity contribution in [3.05, 3.63) is 6.10 Å². The van der Waals surface area contributed by atoms with E-state index >= 15 is 0 Å². The third-order valence-electron chi connectivity index (χ3n) is 0.408. The van der Waals surface area contributed by atoms with Gasteiger partial charge in [-0.05, 0) is 7.11 Å². The number of ether oxygens (including phenoxy) is 1. The van der Waals surface area contributed by atoms with E-state index in [1.807, 2.05) is 13.8 Å². The van der Waals surface area contributed by atoms with Crippen molar-refractivity contribution >= 4 is 0 Å². The zero-order valence-corrected chi connectivity index (χ0v) is 9.82. The second-order valence-corrected chi connectivity index (χ2v) is 1.11. The minimum atomic E-state index is 0. The van der Waals surface area contributed by atoms with E-state index in [-0.39, 0.29) is 58.2 Å². The first-order valence-corrected chi connectivity index (χ1v) is 1.61. The molecule has 0 aliphatic carbocycles. The molecule has 0 amide bonds. The van der Waals surface area contributed by atoms with Crippen LogP contribution in [-0.4, -0.2) is 7.11 Å². The molecule has 0 aliphatic rings. The fraction of sp³-hybridized carbons (Fsp3) is 0.750. The fourth-order valence-corrected chi connectivity index (χ4v) is 0. The summed E-state index contributed by atoms with van der Waals surface area (Å²) in [7, 11) is 1.66. The van der Waals surface area contributed by atoms with E-state index in [0.29, 0.717) is 0 Å². The number of rotatable bonds is 1. The molecule has 32 valence electrons. The van der Waals surface area contributed by atoms with Crippen LogP contribution in [-0.2, 0) is 4.74 Å². The third kappa shape index (κ3) is 9.23. The van der Waals surface area contributed by atoms with Crippen LogP contribution in [0.1, 0.15) is 13.8 Å². The molecule has 0 aromatic heterocycles. The molecule has 0 radical (unpaired) electrons. The molecule has 2 heteroatoms. The van der Waals surface area contributed by atoms with Crippen LogP contribution in [0.5, 0.6) is 0 Å². The maximum atomic E-state index is 4.67. The van der Waals surface area contributed by atoms with Crippen molar-refractivity contribution in [1.29, 1.82) is 0 Å². The van der Waals surface area contributed by atoms with E-state index in [1.54, 1.807) is 7.11 Å². The molecule has 0 atom stereocenters. The van der Waals surface area contributed by atoms with Crippen LogP contribution < -0.4 is 58.2 Å². The molecule has 1 nitrogen and oxygen atoms in total. The van der Waals surface area contributed by atoms with E-state index in [4.69, 9.17) is 0 Å². The van der Waals surface area contributed by atoms with Gasteiger partial charge in [0, 0.05) is 0 Å². The Balaban J connectivity index is 0. The summed E-state index contributed by atoms with van der Waals surface area (Å²) in [4.78, 5) is 0. The second-order valence-electron chi connectivity index (χ2n) is 1.11. The Morgan fingerprint density at radius 3 is 1.50 bits per heavy atom. The molecule has 0 heterocycles. The summed E-state index contributed by atoms with van der Waals surface area (Å²) in [5.41, 5.74) is 0. The minimum absolute atomic E-state index is 0. The van der Waals surface area contributed by atoms with Crippen LogP contribution in [0.4, 0.5) is 0 Å². The number of methoxy groups -OCH3 is 1. The van der Waals surface area contributed by atoms with Gasteiger partial charge in [-0.3, -0.25) is 0 Å². The van der Waals surface area contributed by atoms with E-state index in [2.05, 4.69) is 4.74 Å². The average molecular weight is 159 g/mol. The molecule has 0 fully saturated rings. The van der Waals surface area contributed by atoms with Crippen LogP contribution in [0.2, 0.25) is 0 Å². The Hall–Kier alpha value is 1.77. The van der Waals surface area contributed by atoms with Crippen LogP contribution in [0.15, 0.2) is 0 Å². The summed E-state index contributed by atoms with van der Waals surface area (Å²) in [6.07, 6.45) is 1.00. The summed E-state index contributed by atoms with van der Waals surface area (Å²) in [6.45, 7) is 3.83. The van der Waals surface area contributed by atoms with E-state index in [9.17, 15) is 0 Å². The monoisotopic (exact) mass is 158 g/mol. The van der Waals surface area contributed by atoms with Gasteiger partial charge in [-0.2, -0.15) is 13.8 Å². The van der Waals surface area contributed by atoms with Gasteiger partial charge in [-0.25, -0.2) is 6.10 Å². The predicted molar refractivity (Wildman–Crippen MR) is 21.6 cm³/mol. The molecule has 0 aromatic carbocycles. The number of hydrogen-bond donors (Lipinski definition) is 0. The maximum Gasteiger partial charge on any atom is 1.00 e. The molecule has 0 aromatic rings. The number of hydrogen-bond acceptors (Lipinski definition) is 1. The van der Waals surface area contributed by atoms with Gasteiger partial charge in [0.25, 0.3) is 0 Å². The SMILES string of the molecule is CO[C-](C)C.[Rb+]. The van der Waals surface area contributed by atoms with Gasteiger partial charge in [-0.1, -0.05) is 0 Å². The van der Waals surface area contributed by atoms with Gasteiger partial charge >= 0.3 is 58.2 Å². The molecule has 0 spiro atoms. The Kier molecular flexibility index (Phi) is 12.1. The molecule has 6 heavy (non-hydrogen) atoms. The maximum absolute atomic E-state index is 4.67. The summed E-state index contributed by atoms with van der Waals surface area (Å²) in [5.74, 6) is 0. The molecule has 0 aliphatic heterocycles. The van der Waals surface area contributed by atoms with Gasteiger partial charge < -0.3 is 4.74 Å². The van der Waals surface area contributed by atoms with Crippen LogP contribution in [0, 0.1) is 6.10 Å². The Bertz CT molecular complexity index is 21.5. The predicted octanol–water partition coefficient (Wildman–Crippen LogP) is -1.79. The molecule has 0 unspecified atom stereocenters. The van der Waals surface area contributed by atoms with Crippen molar-refractivity contribution in [2.45, 2.75) is 13.8 Å². The van der Waals surface area contributed by atoms with Crippen molar-refractivity contribution < 1.29 is 62.9 Å². The van der Waals surface area contributed by atoms with E-state index < -0.39 is 0 Å². The molecule has 0 bridgehead atoms. The van der Waals surface area contributed by atoms with E-state index in [1.165, 1.54) is 0 Å². The van der Waals surface area contributed by atoms with Crippen molar-refractivity contribution in [2.75, 3.05) is 7.11 Å². The first-order chi connectivity index (χ1) is 2.27. The third-order valence-corrected chi connectivity index (χ3v) is 0.408. The Morgan fingerprint density at radius 2 is 1.50 bits per heavy atom. The molecule has 0 N–H and O–H groups in total. The first kappa shape index (κ1) is 10.7. The molecule has 0 saturated carbocycles. The van der Waals surface area contributed by atoms with Crippen molar-refractivity contribution in [3.63, 3.8) is 0 Å². The van der Waals surface area contributed by atoms with Gasteiger partial charge in [-0.15, -0.1) is 0 Å². The minimum Gasteiger partial charge on any atom is -0.552 e.